The Hall–Kier alpha value is -1.22. The summed E-state index contributed by atoms with van der Waals surface area (Å²) in [5.74, 6) is 0.808. The van der Waals surface area contributed by atoms with Crippen LogP contribution in [0.25, 0.3) is 6.08 Å². The fourth-order valence-corrected chi connectivity index (χ4v) is 1.24. The lowest BCUT2D eigenvalue weighted by Crippen LogP contribution is -1.83. The van der Waals surface area contributed by atoms with E-state index in [1.807, 2.05) is 6.08 Å². The van der Waals surface area contributed by atoms with E-state index in [4.69, 9.17) is 0 Å². The Kier molecular flexibility index (Phi) is 4.26. The molecule has 1 aromatic carbocycles. The van der Waals surface area contributed by atoms with E-state index in [2.05, 4.69) is 12.6 Å². The molecule has 0 saturated carbocycles. The summed E-state index contributed by atoms with van der Waals surface area (Å²) >= 11 is 4.06. The van der Waals surface area contributed by atoms with Crippen LogP contribution in [0.15, 0.2) is 24.3 Å². The summed E-state index contributed by atoms with van der Waals surface area (Å²) in [6.45, 7) is 0. The van der Waals surface area contributed by atoms with Crippen molar-refractivity contribution >= 4 is 25.0 Å². The standard InChI is InChI=1S/C11H12O2S/c12-8-10-6-3-5-9(11(10)13)4-1-2-7-14/h1,3-6,8,13-14H,2,7H2. The fourth-order valence-electron chi connectivity index (χ4n) is 1.09. The Morgan fingerprint density at radius 2 is 2.07 bits per heavy atom. The molecule has 14 heavy (non-hydrogen) atoms. The third-order valence-electron chi connectivity index (χ3n) is 1.82. The van der Waals surface area contributed by atoms with Crippen LogP contribution < -0.4 is 0 Å². The molecule has 1 aromatic rings. The molecule has 1 N–H and O–H groups in total. The quantitative estimate of drug-likeness (QED) is 0.589. The van der Waals surface area contributed by atoms with Gasteiger partial charge in [0.1, 0.15) is 5.75 Å². The Labute approximate surface area is 88.7 Å². The number of hydrogen-bond acceptors (Lipinski definition) is 3. The van der Waals surface area contributed by atoms with Crippen LogP contribution >= 0.6 is 12.6 Å². The molecule has 3 heteroatoms. The van der Waals surface area contributed by atoms with Crippen molar-refractivity contribution in [3.8, 4) is 5.75 Å². The first-order chi connectivity index (χ1) is 6.79. The van der Waals surface area contributed by atoms with Crippen LogP contribution in [-0.4, -0.2) is 17.1 Å². The van der Waals surface area contributed by atoms with Gasteiger partial charge in [0.15, 0.2) is 6.29 Å². The lowest BCUT2D eigenvalue weighted by molar-refractivity contribution is 0.112. The Balaban J connectivity index is 2.92. The summed E-state index contributed by atoms with van der Waals surface area (Å²) in [6, 6.07) is 5.08. The maximum Gasteiger partial charge on any atom is 0.153 e. The van der Waals surface area contributed by atoms with Crippen LogP contribution in [0.1, 0.15) is 22.3 Å². The molecule has 0 amide bonds. The molecular formula is C11H12O2S. The molecular weight excluding hydrogens is 196 g/mol. The van der Waals surface area contributed by atoms with E-state index in [1.165, 1.54) is 0 Å². The van der Waals surface area contributed by atoms with Gasteiger partial charge in [-0.3, -0.25) is 4.79 Å². The van der Waals surface area contributed by atoms with E-state index in [1.54, 1.807) is 24.3 Å². The van der Waals surface area contributed by atoms with Gasteiger partial charge in [0.05, 0.1) is 5.56 Å². The average molecular weight is 208 g/mol. The first kappa shape index (κ1) is 10.9. The molecule has 0 saturated heterocycles. The molecule has 0 spiro atoms. The van der Waals surface area contributed by atoms with Crippen LogP contribution in [0.2, 0.25) is 0 Å². The highest BCUT2D eigenvalue weighted by Gasteiger charge is 2.02. The zero-order chi connectivity index (χ0) is 10.4. The summed E-state index contributed by atoms with van der Waals surface area (Å²) in [5, 5.41) is 9.59. The minimum absolute atomic E-state index is 0.0397. The first-order valence-electron chi connectivity index (χ1n) is 4.34. The van der Waals surface area contributed by atoms with E-state index in [-0.39, 0.29) is 5.75 Å². The summed E-state index contributed by atoms with van der Waals surface area (Å²) in [4.78, 5) is 10.5. The maximum atomic E-state index is 10.5. The molecule has 0 aliphatic rings. The van der Waals surface area contributed by atoms with Crippen LogP contribution in [-0.2, 0) is 0 Å². The number of thiol groups is 1. The van der Waals surface area contributed by atoms with Crippen molar-refractivity contribution in [2.24, 2.45) is 0 Å². The lowest BCUT2D eigenvalue weighted by Gasteiger charge is -2.00. The van der Waals surface area contributed by atoms with Gasteiger partial charge in [0.2, 0.25) is 0 Å². The molecule has 74 valence electrons. The average Bonchev–Trinajstić information content (AvgIpc) is 2.21. The van der Waals surface area contributed by atoms with Gasteiger partial charge in [-0.2, -0.15) is 12.6 Å². The third-order valence-corrected chi connectivity index (χ3v) is 2.08. The Morgan fingerprint density at radius 3 is 2.71 bits per heavy atom. The zero-order valence-electron chi connectivity index (χ0n) is 7.68. The number of aldehydes is 1. The predicted molar refractivity (Wildman–Crippen MR) is 61.0 cm³/mol. The second-order valence-corrected chi connectivity index (χ2v) is 3.26. The van der Waals surface area contributed by atoms with Crippen molar-refractivity contribution < 1.29 is 9.90 Å². The zero-order valence-corrected chi connectivity index (χ0v) is 8.58. The molecule has 0 bridgehead atoms. The summed E-state index contributed by atoms with van der Waals surface area (Å²) in [7, 11) is 0. The lowest BCUT2D eigenvalue weighted by atomic mass is 10.1. The Bertz CT molecular complexity index is 345. The number of allylic oxidation sites excluding steroid dienone is 1. The molecule has 1 rings (SSSR count). The minimum atomic E-state index is 0.0397. The molecule has 0 aromatic heterocycles. The van der Waals surface area contributed by atoms with Crippen LogP contribution in [0.5, 0.6) is 5.75 Å². The number of phenols is 1. The third kappa shape index (κ3) is 2.64. The second kappa shape index (κ2) is 5.50. The van der Waals surface area contributed by atoms with Gasteiger partial charge in [-0.15, -0.1) is 0 Å². The molecule has 0 fully saturated rings. The number of para-hydroxylation sites is 1. The summed E-state index contributed by atoms with van der Waals surface area (Å²) < 4.78 is 0. The highest BCUT2D eigenvalue weighted by molar-refractivity contribution is 7.80. The highest BCUT2D eigenvalue weighted by Crippen LogP contribution is 2.22. The van der Waals surface area contributed by atoms with Gasteiger partial charge in [-0.25, -0.2) is 0 Å². The van der Waals surface area contributed by atoms with E-state index >= 15 is 0 Å². The van der Waals surface area contributed by atoms with E-state index < -0.39 is 0 Å². The molecule has 0 aliphatic carbocycles. The van der Waals surface area contributed by atoms with Gasteiger partial charge in [0, 0.05) is 5.56 Å². The number of phenolic OH excluding ortho intramolecular Hbond substituents is 1. The summed E-state index contributed by atoms with van der Waals surface area (Å²) in [6.07, 6.45) is 5.19. The second-order valence-electron chi connectivity index (χ2n) is 2.82. The number of aromatic hydroxyl groups is 1. The van der Waals surface area contributed by atoms with Crippen molar-refractivity contribution in [3.05, 3.63) is 35.4 Å². The molecule has 2 nitrogen and oxygen atoms in total. The fraction of sp³-hybridized carbons (Fsp3) is 0.182. The van der Waals surface area contributed by atoms with Crippen molar-refractivity contribution in [2.75, 3.05) is 5.75 Å². The monoisotopic (exact) mass is 208 g/mol. The summed E-state index contributed by atoms with van der Waals surface area (Å²) in [5.41, 5.74) is 0.981. The highest BCUT2D eigenvalue weighted by atomic mass is 32.1. The molecule has 0 aliphatic heterocycles. The van der Waals surface area contributed by atoms with Crippen LogP contribution in [0.3, 0.4) is 0 Å². The van der Waals surface area contributed by atoms with Crippen LogP contribution in [0, 0.1) is 0 Å². The van der Waals surface area contributed by atoms with Gasteiger partial charge < -0.3 is 5.11 Å². The van der Waals surface area contributed by atoms with Crippen molar-refractivity contribution in [3.63, 3.8) is 0 Å². The number of rotatable bonds is 4. The maximum absolute atomic E-state index is 10.5. The van der Waals surface area contributed by atoms with E-state index in [0.29, 0.717) is 17.4 Å². The van der Waals surface area contributed by atoms with Crippen LogP contribution in [0.4, 0.5) is 0 Å². The number of carbonyl (C=O) groups excluding carboxylic acids is 1. The number of carbonyl (C=O) groups is 1. The van der Waals surface area contributed by atoms with Crippen molar-refractivity contribution in [1.82, 2.24) is 0 Å². The topological polar surface area (TPSA) is 37.3 Å². The number of benzene rings is 1. The first-order valence-corrected chi connectivity index (χ1v) is 4.97. The SMILES string of the molecule is O=Cc1cccc(C=CCCS)c1O. The van der Waals surface area contributed by atoms with Gasteiger partial charge in [0.25, 0.3) is 0 Å². The van der Waals surface area contributed by atoms with Gasteiger partial charge in [-0.1, -0.05) is 24.3 Å². The van der Waals surface area contributed by atoms with Gasteiger partial charge >= 0.3 is 0 Å². The van der Waals surface area contributed by atoms with Gasteiger partial charge in [-0.05, 0) is 18.2 Å². The minimum Gasteiger partial charge on any atom is -0.507 e. The Morgan fingerprint density at radius 1 is 1.36 bits per heavy atom. The number of hydrogen-bond donors (Lipinski definition) is 2. The normalized spacial score (nSPS) is 10.6. The molecule has 0 radical (unpaired) electrons. The van der Waals surface area contributed by atoms with Crippen molar-refractivity contribution in [1.29, 1.82) is 0 Å². The van der Waals surface area contributed by atoms with E-state index in [0.717, 1.165) is 12.2 Å². The smallest absolute Gasteiger partial charge is 0.153 e. The largest absolute Gasteiger partial charge is 0.507 e. The van der Waals surface area contributed by atoms with Crippen molar-refractivity contribution in [2.45, 2.75) is 6.42 Å². The predicted octanol–water partition coefficient (Wildman–Crippen LogP) is 2.54. The molecule has 0 heterocycles. The van der Waals surface area contributed by atoms with E-state index in [9.17, 15) is 9.90 Å². The molecule has 0 atom stereocenters. The molecule has 0 unspecified atom stereocenters.